The molecule has 1 aromatic rings. The number of methoxy groups -OCH3 is 1. The minimum atomic E-state index is 0.257. The number of rotatable bonds is 8. The van der Waals surface area contributed by atoms with Crippen molar-refractivity contribution < 1.29 is 4.74 Å². The van der Waals surface area contributed by atoms with E-state index in [0.717, 1.165) is 45.5 Å². The topological polar surface area (TPSA) is 63.2 Å². The molecule has 0 bridgehead atoms. The average molecular weight is 314 g/mol. The van der Waals surface area contributed by atoms with E-state index in [9.17, 15) is 0 Å². The van der Waals surface area contributed by atoms with Crippen molar-refractivity contribution in [2.24, 2.45) is 0 Å². The summed E-state index contributed by atoms with van der Waals surface area (Å²) in [5.74, 6) is 1.26. The number of nitrogens with one attached hydrogen (secondary N) is 1. The van der Waals surface area contributed by atoms with Crippen LogP contribution in [0.4, 0.5) is 11.9 Å². The fourth-order valence-electron chi connectivity index (χ4n) is 2.40. The van der Waals surface area contributed by atoms with E-state index in [4.69, 9.17) is 16.3 Å². The van der Waals surface area contributed by atoms with Crippen LogP contribution in [0.25, 0.3) is 0 Å². The summed E-state index contributed by atoms with van der Waals surface area (Å²) < 4.78 is 5.03. The van der Waals surface area contributed by atoms with Crippen molar-refractivity contribution in [2.75, 3.05) is 43.6 Å². The van der Waals surface area contributed by atoms with Crippen LogP contribution in [0.5, 0.6) is 0 Å². The van der Waals surface area contributed by atoms with Crippen LogP contribution >= 0.6 is 11.6 Å². The first-order valence-corrected chi connectivity index (χ1v) is 8.07. The number of ether oxygens (including phenoxy) is 1. The summed E-state index contributed by atoms with van der Waals surface area (Å²) in [4.78, 5) is 15.0. The SMILES string of the molecule is COCCCCCNc1nc(Cl)nc(N2CCCCC2)n1. The Morgan fingerprint density at radius 2 is 1.90 bits per heavy atom. The number of halogens is 1. The molecule has 1 aliphatic heterocycles. The van der Waals surface area contributed by atoms with Gasteiger partial charge in [-0.3, -0.25) is 0 Å². The molecule has 2 rings (SSSR count). The zero-order chi connectivity index (χ0) is 14.9. The Hall–Kier alpha value is -1.14. The van der Waals surface area contributed by atoms with Crippen molar-refractivity contribution in [3.63, 3.8) is 0 Å². The molecular weight excluding hydrogens is 290 g/mol. The molecule has 21 heavy (non-hydrogen) atoms. The van der Waals surface area contributed by atoms with Crippen LogP contribution < -0.4 is 10.2 Å². The molecule has 1 fully saturated rings. The highest BCUT2D eigenvalue weighted by Crippen LogP contribution is 2.18. The normalized spacial score (nSPS) is 15.2. The molecule has 1 N–H and O–H groups in total. The summed E-state index contributed by atoms with van der Waals surface area (Å²) in [6.07, 6.45) is 6.92. The maximum absolute atomic E-state index is 6.01. The van der Waals surface area contributed by atoms with Crippen molar-refractivity contribution in [3.8, 4) is 0 Å². The smallest absolute Gasteiger partial charge is 0.231 e. The summed E-state index contributed by atoms with van der Waals surface area (Å²) >= 11 is 6.01. The lowest BCUT2D eigenvalue weighted by Crippen LogP contribution is -2.31. The van der Waals surface area contributed by atoms with Crippen LogP contribution in [0.15, 0.2) is 0 Å². The standard InChI is InChI=1S/C14H24ClN5O/c1-21-11-7-2-4-8-16-13-17-12(15)18-14(19-13)20-9-5-3-6-10-20/h2-11H2,1H3,(H,16,17,18,19). The first-order chi connectivity index (χ1) is 10.3. The third-order valence-electron chi connectivity index (χ3n) is 3.54. The minimum absolute atomic E-state index is 0.257. The van der Waals surface area contributed by atoms with E-state index < -0.39 is 0 Å². The van der Waals surface area contributed by atoms with Crippen molar-refractivity contribution in [2.45, 2.75) is 38.5 Å². The van der Waals surface area contributed by atoms with E-state index in [1.165, 1.54) is 19.3 Å². The Labute approximate surface area is 131 Å². The van der Waals surface area contributed by atoms with Crippen molar-refractivity contribution >= 4 is 23.5 Å². The van der Waals surface area contributed by atoms with Crippen LogP contribution in [0.1, 0.15) is 38.5 Å². The zero-order valence-electron chi connectivity index (χ0n) is 12.6. The summed E-state index contributed by atoms with van der Waals surface area (Å²) in [7, 11) is 1.73. The minimum Gasteiger partial charge on any atom is -0.385 e. The maximum Gasteiger partial charge on any atom is 0.231 e. The molecule has 0 aliphatic carbocycles. The van der Waals surface area contributed by atoms with E-state index in [-0.39, 0.29) is 5.28 Å². The fraction of sp³-hybridized carbons (Fsp3) is 0.786. The highest BCUT2D eigenvalue weighted by molar-refractivity contribution is 6.28. The van der Waals surface area contributed by atoms with Crippen LogP contribution in [0.2, 0.25) is 5.28 Å². The Morgan fingerprint density at radius 3 is 2.67 bits per heavy atom. The van der Waals surface area contributed by atoms with E-state index >= 15 is 0 Å². The molecule has 0 atom stereocenters. The lowest BCUT2D eigenvalue weighted by molar-refractivity contribution is 0.192. The van der Waals surface area contributed by atoms with E-state index in [2.05, 4.69) is 25.2 Å². The van der Waals surface area contributed by atoms with Gasteiger partial charge in [0.05, 0.1) is 0 Å². The molecule has 0 radical (unpaired) electrons. The Kier molecular flexibility index (Phi) is 6.95. The van der Waals surface area contributed by atoms with Crippen LogP contribution in [-0.2, 0) is 4.74 Å². The predicted octanol–water partition coefficient (Wildman–Crippen LogP) is 2.74. The zero-order valence-corrected chi connectivity index (χ0v) is 13.4. The van der Waals surface area contributed by atoms with Crippen molar-refractivity contribution in [3.05, 3.63) is 5.28 Å². The Balaban J connectivity index is 1.83. The second-order valence-electron chi connectivity index (χ2n) is 5.26. The molecule has 1 aromatic heterocycles. The number of anilines is 2. The molecule has 0 aromatic carbocycles. The van der Waals surface area contributed by atoms with Gasteiger partial charge in [-0.1, -0.05) is 0 Å². The van der Waals surface area contributed by atoms with Gasteiger partial charge < -0.3 is 15.0 Å². The lowest BCUT2D eigenvalue weighted by Gasteiger charge is -2.26. The molecule has 7 heteroatoms. The van der Waals surface area contributed by atoms with Crippen LogP contribution in [0, 0.1) is 0 Å². The molecule has 2 heterocycles. The molecule has 0 spiro atoms. The van der Waals surface area contributed by atoms with Gasteiger partial charge in [0.15, 0.2) is 0 Å². The van der Waals surface area contributed by atoms with Gasteiger partial charge in [-0.05, 0) is 50.1 Å². The number of unbranched alkanes of at least 4 members (excludes halogenated alkanes) is 2. The Bertz CT molecular complexity index is 426. The lowest BCUT2D eigenvalue weighted by atomic mass is 10.1. The molecular formula is C14H24ClN5O. The highest BCUT2D eigenvalue weighted by Gasteiger charge is 2.15. The van der Waals surface area contributed by atoms with Crippen molar-refractivity contribution in [1.29, 1.82) is 0 Å². The van der Waals surface area contributed by atoms with Crippen molar-refractivity contribution in [1.82, 2.24) is 15.0 Å². The summed E-state index contributed by atoms with van der Waals surface area (Å²) in [5, 5.41) is 3.48. The molecule has 0 saturated carbocycles. The number of aromatic nitrogens is 3. The van der Waals surface area contributed by atoms with E-state index in [1.54, 1.807) is 7.11 Å². The average Bonchev–Trinajstić information content (AvgIpc) is 2.51. The maximum atomic E-state index is 6.01. The van der Waals surface area contributed by atoms with Gasteiger partial charge in [0.2, 0.25) is 17.2 Å². The van der Waals surface area contributed by atoms with Gasteiger partial charge in [0, 0.05) is 33.4 Å². The monoisotopic (exact) mass is 313 g/mol. The first-order valence-electron chi connectivity index (χ1n) is 7.69. The molecule has 118 valence electrons. The van der Waals surface area contributed by atoms with Gasteiger partial charge in [0.25, 0.3) is 0 Å². The van der Waals surface area contributed by atoms with Crippen LogP contribution in [0.3, 0.4) is 0 Å². The summed E-state index contributed by atoms with van der Waals surface area (Å²) in [5.41, 5.74) is 0. The molecule has 1 aliphatic rings. The number of hydrogen-bond acceptors (Lipinski definition) is 6. The fourth-order valence-corrected chi connectivity index (χ4v) is 2.56. The van der Waals surface area contributed by atoms with Gasteiger partial charge in [-0.15, -0.1) is 0 Å². The molecule has 6 nitrogen and oxygen atoms in total. The number of hydrogen-bond donors (Lipinski definition) is 1. The van der Waals surface area contributed by atoms with Gasteiger partial charge >= 0.3 is 0 Å². The number of nitrogens with zero attached hydrogens (tertiary/aromatic N) is 4. The second-order valence-corrected chi connectivity index (χ2v) is 5.59. The quantitative estimate of drug-likeness (QED) is 0.745. The molecule has 0 amide bonds. The summed E-state index contributed by atoms with van der Waals surface area (Å²) in [6.45, 7) is 3.65. The molecule has 0 unspecified atom stereocenters. The van der Waals surface area contributed by atoms with E-state index in [0.29, 0.717) is 11.9 Å². The highest BCUT2D eigenvalue weighted by atomic mass is 35.5. The number of piperidine rings is 1. The van der Waals surface area contributed by atoms with Gasteiger partial charge in [0.1, 0.15) is 0 Å². The third-order valence-corrected chi connectivity index (χ3v) is 3.71. The predicted molar refractivity (Wildman–Crippen MR) is 85.1 cm³/mol. The van der Waals surface area contributed by atoms with Gasteiger partial charge in [-0.2, -0.15) is 15.0 Å². The third kappa shape index (κ3) is 5.63. The van der Waals surface area contributed by atoms with Crippen LogP contribution in [-0.4, -0.2) is 48.3 Å². The Morgan fingerprint density at radius 1 is 1.10 bits per heavy atom. The summed E-state index contributed by atoms with van der Waals surface area (Å²) in [6, 6.07) is 0. The van der Waals surface area contributed by atoms with Gasteiger partial charge in [-0.25, -0.2) is 0 Å². The second kappa shape index (κ2) is 9.00. The van der Waals surface area contributed by atoms with E-state index in [1.807, 2.05) is 0 Å². The first kappa shape index (κ1) is 16.2. The largest absolute Gasteiger partial charge is 0.385 e. The molecule has 1 saturated heterocycles.